The van der Waals surface area contributed by atoms with E-state index in [1.165, 1.54) is 24.3 Å². The van der Waals surface area contributed by atoms with E-state index in [4.69, 9.17) is 9.84 Å². The monoisotopic (exact) mass is 268 g/mol. The molecule has 6 heteroatoms. The third-order valence-corrected chi connectivity index (χ3v) is 4.55. The molecule has 0 fully saturated rings. The van der Waals surface area contributed by atoms with Gasteiger partial charge in [-0.25, -0.2) is 13.2 Å². The maximum atomic E-state index is 12.1. The van der Waals surface area contributed by atoms with E-state index in [-0.39, 0.29) is 27.5 Å². The molecule has 0 saturated carbocycles. The molecule has 0 radical (unpaired) electrons. The minimum Gasteiger partial charge on any atom is -0.478 e. The van der Waals surface area contributed by atoms with Crippen LogP contribution >= 0.6 is 0 Å². The van der Waals surface area contributed by atoms with E-state index in [0.717, 1.165) is 0 Å². The summed E-state index contributed by atoms with van der Waals surface area (Å²) in [5, 5.41) is 9.03. The molecule has 18 heavy (non-hydrogen) atoms. The first-order valence-corrected chi connectivity index (χ1v) is 6.86. The number of ether oxygens (including phenoxy) is 1. The third-order valence-electron chi connectivity index (χ3n) is 2.68. The van der Waals surface area contributed by atoms with E-state index in [1.807, 2.05) is 0 Å². The number of benzene rings is 1. The van der Waals surface area contributed by atoms with Crippen LogP contribution in [0.3, 0.4) is 0 Å². The molecule has 0 saturated heterocycles. The molecule has 1 N–H and O–H groups in total. The summed E-state index contributed by atoms with van der Waals surface area (Å²) in [4.78, 5) is 11.2. The largest absolute Gasteiger partial charge is 0.478 e. The van der Waals surface area contributed by atoms with E-state index in [0.29, 0.717) is 6.61 Å². The standard InChI is InChI=1S/C12H12O5S/c1-2-17-7-8-6-10-9(12(13)14)4-3-5-11(10)18(8,15)16/h3-6H,2,7H2,1H3,(H,13,14). The summed E-state index contributed by atoms with van der Waals surface area (Å²) < 4.78 is 29.3. The zero-order valence-electron chi connectivity index (χ0n) is 9.71. The lowest BCUT2D eigenvalue weighted by Crippen LogP contribution is -2.07. The Morgan fingerprint density at radius 1 is 1.39 bits per heavy atom. The molecule has 1 aliphatic heterocycles. The molecule has 0 spiro atoms. The zero-order valence-corrected chi connectivity index (χ0v) is 10.5. The Balaban J connectivity index is 2.56. The summed E-state index contributed by atoms with van der Waals surface area (Å²) in [7, 11) is -3.60. The molecule has 5 nitrogen and oxygen atoms in total. The lowest BCUT2D eigenvalue weighted by Gasteiger charge is -2.04. The summed E-state index contributed by atoms with van der Waals surface area (Å²) in [5.41, 5.74) is 0.224. The highest BCUT2D eigenvalue weighted by Gasteiger charge is 2.32. The fourth-order valence-corrected chi connectivity index (χ4v) is 3.33. The lowest BCUT2D eigenvalue weighted by molar-refractivity contribution is 0.0696. The Labute approximate surface area is 105 Å². The normalized spacial score (nSPS) is 16.2. The average molecular weight is 268 g/mol. The molecule has 0 amide bonds. The number of rotatable bonds is 4. The van der Waals surface area contributed by atoms with Gasteiger partial charge in [-0.1, -0.05) is 6.07 Å². The molecule has 0 atom stereocenters. The SMILES string of the molecule is CCOCC1=Cc2c(C(=O)O)cccc2S1(=O)=O. The van der Waals surface area contributed by atoms with Crippen LogP contribution < -0.4 is 0 Å². The van der Waals surface area contributed by atoms with Crippen molar-refractivity contribution in [2.45, 2.75) is 11.8 Å². The Kier molecular flexibility index (Phi) is 3.23. The predicted molar refractivity (Wildman–Crippen MR) is 65.1 cm³/mol. The summed E-state index contributed by atoms with van der Waals surface area (Å²) >= 11 is 0. The fraction of sp³-hybridized carbons (Fsp3) is 0.250. The van der Waals surface area contributed by atoms with E-state index in [2.05, 4.69) is 0 Å². The minimum atomic E-state index is -3.60. The molecule has 0 aromatic heterocycles. The number of aromatic carboxylic acids is 1. The molecule has 1 aromatic carbocycles. The van der Waals surface area contributed by atoms with Crippen LogP contribution in [0.25, 0.3) is 6.08 Å². The van der Waals surface area contributed by atoms with E-state index < -0.39 is 15.8 Å². The zero-order chi connectivity index (χ0) is 13.3. The van der Waals surface area contributed by atoms with Gasteiger partial charge < -0.3 is 9.84 Å². The van der Waals surface area contributed by atoms with Crippen molar-refractivity contribution in [3.05, 3.63) is 34.2 Å². The minimum absolute atomic E-state index is 0.0115. The highest BCUT2D eigenvalue weighted by Crippen LogP contribution is 2.34. The first-order chi connectivity index (χ1) is 8.48. The average Bonchev–Trinajstić information content (AvgIpc) is 2.58. The number of carboxylic acid groups (broad SMARTS) is 1. The molecule has 1 aromatic rings. The van der Waals surface area contributed by atoms with Crippen molar-refractivity contribution in [3.8, 4) is 0 Å². The van der Waals surface area contributed by atoms with Gasteiger partial charge >= 0.3 is 5.97 Å². The number of hydrogen-bond acceptors (Lipinski definition) is 4. The molecule has 96 valence electrons. The van der Waals surface area contributed by atoms with E-state index in [1.54, 1.807) is 6.92 Å². The highest BCUT2D eigenvalue weighted by atomic mass is 32.2. The molecular weight excluding hydrogens is 256 g/mol. The Morgan fingerprint density at radius 3 is 2.72 bits per heavy atom. The number of carboxylic acids is 1. The second kappa shape index (κ2) is 4.55. The maximum absolute atomic E-state index is 12.1. The van der Waals surface area contributed by atoms with Crippen LogP contribution in [0.5, 0.6) is 0 Å². The quantitative estimate of drug-likeness (QED) is 0.896. The van der Waals surface area contributed by atoms with Crippen LogP contribution in [0.1, 0.15) is 22.8 Å². The number of fused-ring (bicyclic) bond motifs is 1. The summed E-state index contributed by atoms with van der Waals surface area (Å²) in [6, 6.07) is 4.22. The lowest BCUT2D eigenvalue weighted by atomic mass is 10.1. The second-order valence-electron chi connectivity index (χ2n) is 3.77. The third kappa shape index (κ3) is 1.93. The second-order valence-corrected chi connectivity index (χ2v) is 5.74. The predicted octanol–water partition coefficient (Wildman–Crippen LogP) is 1.55. The Bertz CT molecular complexity index is 628. The highest BCUT2D eigenvalue weighted by molar-refractivity contribution is 7.95. The van der Waals surface area contributed by atoms with Gasteiger partial charge in [0, 0.05) is 12.2 Å². The van der Waals surface area contributed by atoms with Crippen molar-refractivity contribution >= 4 is 21.9 Å². The van der Waals surface area contributed by atoms with Crippen LogP contribution in [0.15, 0.2) is 28.0 Å². The first kappa shape index (κ1) is 12.8. The molecule has 1 heterocycles. The smallest absolute Gasteiger partial charge is 0.336 e. The van der Waals surface area contributed by atoms with Crippen LogP contribution in [0.4, 0.5) is 0 Å². The summed E-state index contributed by atoms with van der Waals surface area (Å²) in [6.45, 7) is 2.12. The molecule has 0 unspecified atom stereocenters. The molecule has 0 bridgehead atoms. The Morgan fingerprint density at radius 2 is 2.11 bits per heavy atom. The maximum Gasteiger partial charge on any atom is 0.336 e. The summed E-state index contributed by atoms with van der Waals surface area (Å²) in [6.07, 6.45) is 1.38. The number of hydrogen-bond donors (Lipinski definition) is 1. The first-order valence-electron chi connectivity index (χ1n) is 5.38. The van der Waals surface area contributed by atoms with Gasteiger partial charge in [-0.15, -0.1) is 0 Å². The van der Waals surface area contributed by atoms with Gasteiger partial charge in [0.05, 0.1) is 22.0 Å². The number of sulfone groups is 1. The van der Waals surface area contributed by atoms with E-state index >= 15 is 0 Å². The summed E-state index contributed by atoms with van der Waals surface area (Å²) in [5.74, 6) is -1.14. The van der Waals surface area contributed by atoms with Crippen LogP contribution in [0, 0.1) is 0 Å². The van der Waals surface area contributed by atoms with Crippen LogP contribution in [0.2, 0.25) is 0 Å². The van der Waals surface area contributed by atoms with Gasteiger partial charge in [-0.3, -0.25) is 0 Å². The topological polar surface area (TPSA) is 80.7 Å². The Hall–Kier alpha value is -1.66. The van der Waals surface area contributed by atoms with E-state index in [9.17, 15) is 13.2 Å². The molecule has 1 aliphatic rings. The van der Waals surface area contributed by atoms with Crippen LogP contribution in [-0.4, -0.2) is 32.7 Å². The van der Waals surface area contributed by atoms with Crippen LogP contribution in [-0.2, 0) is 14.6 Å². The van der Waals surface area contributed by atoms with Crippen molar-refractivity contribution in [1.82, 2.24) is 0 Å². The van der Waals surface area contributed by atoms with Crippen molar-refractivity contribution in [1.29, 1.82) is 0 Å². The molecular formula is C12H12O5S. The van der Waals surface area contributed by atoms with Crippen molar-refractivity contribution in [2.24, 2.45) is 0 Å². The van der Waals surface area contributed by atoms with Crippen molar-refractivity contribution in [2.75, 3.05) is 13.2 Å². The van der Waals surface area contributed by atoms with Crippen molar-refractivity contribution < 1.29 is 23.1 Å². The van der Waals surface area contributed by atoms with Gasteiger partial charge in [-0.05, 0) is 25.1 Å². The fourth-order valence-electron chi connectivity index (χ4n) is 1.82. The molecule has 0 aliphatic carbocycles. The van der Waals surface area contributed by atoms with Crippen molar-refractivity contribution in [3.63, 3.8) is 0 Å². The van der Waals surface area contributed by atoms with Gasteiger partial charge in [0.25, 0.3) is 0 Å². The van der Waals surface area contributed by atoms with Gasteiger partial charge in [-0.2, -0.15) is 0 Å². The van der Waals surface area contributed by atoms with Gasteiger partial charge in [0.2, 0.25) is 9.84 Å². The van der Waals surface area contributed by atoms with Gasteiger partial charge in [0.15, 0.2) is 0 Å². The molecule has 2 rings (SSSR count). The van der Waals surface area contributed by atoms with Gasteiger partial charge in [0.1, 0.15) is 0 Å². The number of carbonyl (C=O) groups is 1.